The van der Waals surface area contributed by atoms with E-state index >= 15 is 0 Å². The zero-order chi connectivity index (χ0) is 23.6. The van der Waals surface area contributed by atoms with Gasteiger partial charge in [0.25, 0.3) is 5.91 Å². The summed E-state index contributed by atoms with van der Waals surface area (Å²) in [6, 6.07) is 23.0. The van der Waals surface area contributed by atoms with Crippen molar-refractivity contribution in [3.05, 3.63) is 95.6 Å². The zero-order valence-corrected chi connectivity index (χ0v) is 18.1. The van der Waals surface area contributed by atoms with E-state index in [1.54, 1.807) is 30.3 Å². The number of amides is 4. The van der Waals surface area contributed by atoms with Crippen LogP contribution >= 0.6 is 0 Å². The Balaban J connectivity index is 1.52. The van der Waals surface area contributed by atoms with Crippen molar-refractivity contribution < 1.29 is 19.2 Å². The van der Waals surface area contributed by atoms with Crippen LogP contribution in [0.2, 0.25) is 0 Å². The Labute approximate surface area is 191 Å². The standard InChI is InChI=1S/C25H24N4O4/c1-17-8-7-11-19(14-17)28-23(31)20-12-5-6-13-21(20)29-22(30)16-27-25(33)24(32)26-15-18-9-3-2-4-10-18/h2-14H,15-16H2,1H3,(H,26,32)(H,27,33)(H,28,31)(H,29,30). The Hall–Kier alpha value is -4.46. The molecule has 0 heterocycles. The van der Waals surface area contributed by atoms with Crippen molar-refractivity contribution in [1.29, 1.82) is 0 Å². The summed E-state index contributed by atoms with van der Waals surface area (Å²) < 4.78 is 0. The highest BCUT2D eigenvalue weighted by molar-refractivity contribution is 6.35. The molecule has 3 aromatic carbocycles. The first-order valence-electron chi connectivity index (χ1n) is 10.3. The third kappa shape index (κ3) is 7.03. The molecule has 33 heavy (non-hydrogen) atoms. The second-order valence-corrected chi connectivity index (χ2v) is 7.27. The van der Waals surface area contributed by atoms with E-state index in [0.717, 1.165) is 11.1 Å². The van der Waals surface area contributed by atoms with E-state index in [4.69, 9.17) is 0 Å². The molecule has 0 aliphatic carbocycles. The second-order valence-electron chi connectivity index (χ2n) is 7.27. The lowest BCUT2D eigenvalue weighted by atomic mass is 10.1. The third-order valence-electron chi connectivity index (χ3n) is 4.63. The van der Waals surface area contributed by atoms with Crippen LogP contribution in [-0.4, -0.2) is 30.2 Å². The molecule has 8 nitrogen and oxygen atoms in total. The van der Waals surface area contributed by atoms with Gasteiger partial charge in [-0.25, -0.2) is 0 Å². The Morgan fingerprint density at radius 1 is 0.727 bits per heavy atom. The van der Waals surface area contributed by atoms with Gasteiger partial charge in [-0.15, -0.1) is 0 Å². The van der Waals surface area contributed by atoms with Gasteiger partial charge in [0.05, 0.1) is 17.8 Å². The highest BCUT2D eigenvalue weighted by Gasteiger charge is 2.16. The summed E-state index contributed by atoms with van der Waals surface area (Å²) in [5.74, 6) is -2.73. The lowest BCUT2D eigenvalue weighted by Crippen LogP contribution is -2.42. The van der Waals surface area contributed by atoms with Crippen LogP contribution in [0.25, 0.3) is 0 Å². The monoisotopic (exact) mass is 444 g/mol. The van der Waals surface area contributed by atoms with Gasteiger partial charge in [-0.05, 0) is 42.3 Å². The molecule has 0 aromatic heterocycles. The molecule has 168 valence electrons. The molecular weight excluding hydrogens is 420 g/mol. The molecule has 0 aliphatic rings. The zero-order valence-electron chi connectivity index (χ0n) is 18.1. The van der Waals surface area contributed by atoms with Crippen molar-refractivity contribution in [3.63, 3.8) is 0 Å². The fourth-order valence-electron chi connectivity index (χ4n) is 3.01. The summed E-state index contributed by atoms with van der Waals surface area (Å²) in [4.78, 5) is 48.9. The predicted octanol–water partition coefficient (Wildman–Crippen LogP) is 2.62. The number of nitrogens with one attached hydrogen (secondary N) is 4. The Kier molecular flexibility index (Phi) is 7.91. The molecule has 0 bridgehead atoms. The van der Waals surface area contributed by atoms with E-state index in [2.05, 4.69) is 21.3 Å². The maximum Gasteiger partial charge on any atom is 0.309 e. The molecule has 0 aliphatic heterocycles. The minimum absolute atomic E-state index is 0.197. The van der Waals surface area contributed by atoms with E-state index < -0.39 is 24.3 Å². The molecule has 0 fully saturated rings. The molecule has 4 amide bonds. The van der Waals surface area contributed by atoms with Gasteiger partial charge in [0, 0.05) is 12.2 Å². The highest BCUT2D eigenvalue weighted by Crippen LogP contribution is 2.18. The van der Waals surface area contributed by atoms with Gasteiger partial charge in [-0.3, -0.25) is 19.2 Å². The van der Waals surface area contributed by atoms with Crippen molar-refractivity contribution in [2.24, 2.45) is 0 Å². The lowest BCUT2D eigenvalue weighted by molar-refractivity contribution is -0.139. The first-order valence-corrected chi connectivity index (χ1v) is 10.3. The maximum atomic E-state index is 12.7. The lowest BCUT2D eigenvalue weighted by Gasteiger charge is -2.12. The number of hydrogen-bond acceptors (Lipinski definition) is 4. The van der Waals surface area contributed by atoms with E-state index in [-0.39, 0.29) is 23.7 Å². The quantitative estimate of drug-likeness (QED) is 0.419. The topological polar surface area (TPSA) is 116 Å². The smallest absolute Gasteiger partial charge is 0.309 e. The average molecular weight is 444 g/mol. The van der Waals surface area contributed by atoms with E-state index in [0.29, 0.717) is 5.69 Å². The first kappa shape index (κ1) is 23.2. The number of aryl methyl sites for hydroxylation is 1. The van der Waals surface area contributed by atoms with Gasteiger partial charge in [-0.2, -0.15) is 0 Å². The van der Waals surface area contributed by atoms with Gasteiger partial charge in [0.1, 0.15) is 0 Å². The molecular formula is C25H24N4O4. The fourth-order valence-corrected chi connectivity index (χ4v) is 3.01. The van der Waals surface area contributed by atoms with Gasteiger partial charge >= 0.3 is 11.8 Å². The molecule has 4 N–H and O–H groups in total. The number of para-hydroxylation sites is 1. The van der Waals surface area contributed by atoms with Crippen molar-refractivity contribution in [2.45, 2.75) is 13.5 Å². The van der Waals surface area contributed by atoms with Crippen LogP contribution in [0, 0.1) is 6.92 Å². The molecule has 0 radical (unpaired) electrons. The summed E-state index contributed by atoms with van der Waals surface area (Å²) in [5.41, 5.74) is 3.03. The van der Waals surface area contributed by atoms with E-state index in [1.807, 2.05) is 55.5 Å². The largest absolute Gasteiger partial charge is 0.344 e. The fraction of sp³-hybridized carbons (Fsp3) is 0.120. The number of carbonyl (C=O) groups is 4. The number of anilines is 2. The summed E-state index contributed by atoms with van der Waals surface area (Å²) in [5, 5.41) is 10.1. The van der Waals surface area contributed by atoms with Gasteiger partial charge in [-0.1, -0.05) is 54.6 Å². The van der Waals surface area contributed by atoms with Crippen LogP contribution in [-0.2, 0) is 20.9 Å². The number of rotatable bonds is 7. The second kappa shape index (κ2) is 11.2. The van der Waals surface area contributed by atoms with Crippen molar-refractivity contribution in [2.75, 3.05) is 17.2 Å². The molecule has 3 aromatic rings. The Bertz CT molecular complexity index is 1160. The van der Waals surface area contributed by atoms with Gasteiger partial charge < -0.3 is 21.3 Å². The Morgan fingerprint density at radius 2 is 1.42 bits per heavy atom. The van der Waals surface area contributed by atoms with Crippen LogP contribution in [0.3, 0.4) is 0 Å². The maximum absolute atomic E-state index is 12.7. The molecule has 0 saturated heterocycles. The van der Waals surface area contributed by atoms with Crippen molar-refractivity contribution in [1.82, 2.24) is 10.6 Å². The third-order valence-corrected chi connectivity index (χ3v) is 4.63. The minimum Gasteiger partial charge on any atom is -0.344 e. The summed E-state index contributed by atoms with van der Waals surface area (Å²) >= 11 is 0. The van der Waals surface area contributed by atoms with Gasteiger partial charge in [0.2, 0.25) is 5.91 Å². The molecule has 0 atom stereocenters. The first-order chi connectivity index (χ1) is 15.9. The van der Waals surface area contributed by atoms with Crippen molar-refractivity contribution >= 4 is 35.0 Å². The molecule has 8 heteroatoms. The Morgan fingerprint density at radius 3 is 2.18 bits per heavy atom. The predicted molar refractivity (Wildman–Crippen MR) is 126 cm³/mol. The average Bonchev–Trinajstić information content (AvgIpc) is 2.82. The van der Waals surface area contributed by atoms with Crippen LogP contribution in [0.4, 0.5) is 11.4 Å². The highest BCUT2D eigenvalue weighted by atomic mass is 16.2. The molecule has 0 spiro atoms. The van der Waals surface area contributed by atoms with Crippen LogP contribution < -0.4 is 21.3 Å². The number of hydrogen-bond donors (Lipinski definition) is 4. The van der Waals surface area contributed by atoms with Crippen LogP contribution in [0.5, 0.6) is 0 Å². The SMILES string of the molecule is Cc1cccc(NC(=O)c2ccccc2NC(=O)CNC(=O)C(=O)NCc2ccccc2)c1. The summed E-state index contributed by atoms with van der Waals surface area (Å²) in [6.07, 6.45) is 0. The molecule has 3 rings (SSSR count). The van der Waals surface area contributed by atoms with E-state index in [9.17, 15) is 19.2 Å². The number of benzene rings is 3. The molecule has 0 saturated carbocycles. The van der Waals surface area contributed by atoms with E-state index in [1.165, 1.54) is 0 Å². The van der Waals surface area contributed by atoms with Crippen LogP contribution in [0.15, 0.2) is 78.9 Å². The van der Waals surface area contributed by atoms with Crippen molar-refractivity contribution in [3.8, 4) is 0 Å². The minimum atomic E-state index is -0.924. The molecule has 0 unspecified atom stereocenters. The van der Waals surface area contributed by atoms with Crippen LogP contribution in [0.1, 0.15) is 21.5 Å². The number of carbonyl (C=O) groups excluding carboxylic acids is 4. The normalized spacial score (nSPS) is 10.1. The van der Waals surface area contributed by atoms with Gasteiger partial charge in [0.15, 0.2) is 0 Å². The summed E-state index contributed by atoms with van der Waals surface area (Å²) in [7, 11) is 0. The summed E-state index contributed by atoms with van der Waals surface area (Å²) in [6.45, 7) is 1.69.